The molecule has 4 aliphatic carbocycles. The molecule has 0 amide bonds. The lowest BCUT2D eigenvalue weighted by molar-refractivity contribution is -0.185. The molecule has 3 heteroatoms. The smallest absolute Gasteiger partial charge is 0.155 e. The van der Waals surface area contributed by atoms with Crippen molar-refractivity contribution in [3.8, 4) is 0 Å². The minimum Gasteiger partial charge on any atom is -0.389 e. The number of carbonyl (C=O) groups is 2. The second kappa shape index (κ2) is 5.03. The Morgan fingerprint density at radius 3 is 2.54 bits per heavy atom. The number of Topliss-reactive ketones (excluding diaryl/α,β-unsaturated/α-hetero) is 1. The van der Waals surface area contributed by atoms with Gasteiger partial charge in [0.05, 0.1) is 5.60 Å². The number of allylic oxidation sites excluding steroid dienone is 1. The number of hydrogen-bond acceptors (Lipinski definition) is 3. The second-order valence-corrected chi connectivity index (χ2v) is 9.39. The Bertz CT molecular complexity index is 635. The first kappa shape index (κ1) is 16.5. The van der Waals surface area contributed by atoms with Crippen molar-refractivity contribution in [1.29, 1.82) is 0 Å². The van der Waals surface area contributed by atoms with Crippen molar-refractivity contribution in [2.75, 3.05) is 0 Å². The molecule has 4 aliphatic rings. The highest BCUT2D eigenvalue weighted by molar-refractivity contribution is 5.91. The van der Waals surface area contributed by atoms with Gasteiger partial charge in [0.25, 0.3) is 0 Å². The lowest BCUT2D eigenvalue weighted by Gasteiger charge is -2.61. The lowest BCUT2D eigenvalue weighted by atomic mass is 9.45. The van der Waals surface area contributed by atoms with Gasteiger partial charge >= 0.3 is 0 Å². The molecule has 3 saturated carbocycles. The molecule has 0 aromatic rings. The van der Waals surface area contributed by atoms with E-state index in [1.165, 1.54) is 5.57 Å². The topological polar surface area (TPSA) is 54.4 Å². The van der Waals surface area contributed by atoms with E-state index in [4.69, 9.17) is 0 Å². The van der Waals surface area contributed by atoms with Crippen LogP contribution in [-0.4, -0.2) is 22.3 Å². The Hall–Kier alpha value is -0.960. The van der Waals surface area contributed by atoms with Gasteiger partial charge in [0.15, 0.2) is 5.78 Å². The summed E-state index contributed by atoms with van der Waals surface area (Å²) in [7, 11) is 0. The van der Waals surface area contributed by atoms with E-state index >= 15 is 0 Å². The molecule has 0 bridgehead atoms. The molecule has 132 valence electrons. The van der Waals surface area contributed by atoms with E-state index in [-0.39, 0.29) is 34.2 Å². The van der Waals surface area contributed by atoms with Gasteiger partial charge < -0.3 is 5.11 Å². The molecule has 4 rings (SSSR count). The van der Waals surface area contributed by atoms with Gasteiger partial charge in [-0.2, -0.15) is 0 Å². The molecule has 24 heavy (non-hydrogen) atoms. The van der Waals surface area contributed by atoms with Gasteiger partial charge in [-0.1, -0.05) is 19.4 Å². The van der Waals surface area contributed by atoms with Gasteiger partial charge in [0.2, 0.25) is 0 Å². The van der Waals surface area contributed by atoms with Crippen LogP contribution >= 0.6 is 0 Å². The van der Waals surface area contributed by atoms with Crippen molar-refractivity contribution >= 4 is 11.6 Å². The monoisotopic (exact) mass is 330 g/mol. The Balaban J connectivity index is 1.73. The minimum atomic E-state index is -0.706. The summed E-state index contributed by atoms with van der Waals surface area (Å²) in [5.74, 6) is 1.27. The molecule has 3 fully saturated rings. The van der Waals surface area contributed by atoms with Crippen LogP contribution in [-0.2, 0) is 9.59 Å². The number of rotatable bonds is 1. The van der Waals surface area contributed by atoms with Gasteiger partial charge in [0, 0.05) is 17.8 Å². The summed E-state index contributed by atoms with van der Waals surface area (Å²) in [6.45, 7) is 6.19. The molecule has 0 aromatic heterocycles. The fraction of sp³-hybridized carbons (Fsp3) is 0.810. The average Bonchev–Trinajstić information content (AvgIpc) is 2.80. The van der Waals surface area contributed by atoms with Crippen LogP contribution in [0.25, 0.3) is 0 Å². The number of ketones is 2. The SMILES string of the molecule is CC(=O)[C@H]1CC[C@]2(O)[C@@H]3CCC4=CC(=O)CC[C@]4(C)[C@H]3CC[C@]12C. The molecule has 0 radical (unpaired) electrons. The first-order valence-corrected chi connectivity index (χ1v) is 9.69. The zero-order valence-electron chi connectivity index (χ0n) is 15.2. The number of hydrogen-bond donors (Lipinski definition) is 1. The Morgan fingerprint density at radius 1 is 1.08 bits per heavy atom. The minimum absolute atomic E-state index is 0.0149. The quantitative estimate of drug-likeness (QED) is 0.795. The fourth-order valence-corrected chi connectivity index (χ4v) is 7.18. The van der Waals surface area contributed by atoms with Crippen LogP contribution in [0.15, 0.2) is 11.6 Å². The Morgan fingerprint density at radius 2 is 1.83 bits per heavy atom. The Labute approximate surface area is 144 Å². The van der Waals surface area contributed by atoms with E-state index < -0.39 is 5.60 Å². The standard InChI is InChI=1S/C21H30O3/c1-13(22)16-8-11-21(24)18-5-4-14-12-15(23)6-9-19(14,2)17(18)7-10-20(16,21)3/h12,16-18,24H,4-11H2,1-3H3/t16-,17+,18-,19+,20-,21+/m1/s1. The molecule has 0 aliphatic heterocycles. The van der Waals surface area contributed by atoms with Crippen LogP contribution in [0.2, 0.25) is 0 Å². The van der Waals surface area contributed by atoms with E-state index in [1.54, 1.807) is 6.92 Å². The van der Waals surface area contributed by atoms with Crippen LogP contribution in [0.3, 0.4) is 0 Å². The van der Waals surface area contributed by atoms with Crippen LogP contribution < -0.4 is 0 Å². The van der Waals surface area contributed by atoms with E-state index in [9.17, 15) is 14.7 Å². The van der Waals surface area contributed by atoms with Gasteiger partial charge in [-0.15, -0.1) is 0 Å². The summed E-state index contributed by atoms with van der Waals surface area (Å²) in [6.07, 6.45) is 9.01. The van der Waals surface area contributed by atoms with Crippen LogP contribution in [0.1, 0.15) is 72.1 Å². The van der Waals surface area contributed by atoms with Crippen molar-refractivity contribution in [3.63, 3.8) is 0 Å². The van der Waals surface area contributed by atoms with Crippen LogP contribution in [0.5, 0.6) is 0 Å². The van der Waals surface area contributed by atoms with Crippen molar-refractivity contribution in [3.05, 3.63) is 11.6 Å². The van der Waals surface area contributed by atoms with Crippen LogP contribution in [0, 0.1) is 28.6 Å². The Kier molecular flexibility index (Phi) is 3.46. The van der Waals surface area contributed by atoms with E-state index in [0.717, 1.165) is 44.9 Å². The first-order valence-electron chi connectivity index (χ1n) is 9.69. The second-order valence-electron chi connectivity index (χ2n) is 9.39. The van der Waals surface area contributed by atoms with Gasteiger partial charge in [-0.05, 0) is 75.2 Å². The number of aliphatic hydroxyl groups is 1. The summed E-state index contributed by atoms with van der Waals surface area (Å²) in [6, 6.07) is 0. The van der Waals surface area contributed by atoms with Crippen molar-refractivity contribution in [2.24, 2.45) is 28.6 Å². The molecule has 0 aromatic carbocycles. The van der Waals surface area contributed by atoms with Gasteiger partial charge in [0.1, 0.15) is 5.78 Å². The maximum absolute atomic E-state index is 12.2. The third-order valence-corrected chi connectivity index (χ3v) is 8.64. The third-order valence-electron chi connectivity index (χ3n) is 8.64. The zero-order chi connectivity index (χ0) is 17.3. The lowest BCUT2D eigenvalue weighted by Crippen LogP contribution is -2.61. The van der Waals surface area contributed by atoms with E-state index in [2.05, 4.69) is 13.8 Å². The average molecular weight is 330 g/mol. The summed E-state index contributed by atoms with van der Waals surface area (Å²) in [5, 5.41) is 11.8. The summed E-state index contributed by atoms with van der Waals surface area (Å²) < 4.78 is 0. The maximum Gasteiger partial charge on any atom is 0.155 e. The van der Waals surface area contributed by atoms with Crippen molar-refractivity contribution in [1.82, 2.24) is 0 Å². The molecular formula is C21H30O3. The van der Waals surface area contributed by atoms with E-state index in [0.29, 0.717) is 12.3 Å². The summed E-state index contributed by atoms with van der Waals surface area (Å²) in [4.78, 5) is 24.0. The molecule has 0 saturated heterocycles. The highest BCUT2D eigenvalue weighted by Crippen LogP contribution is 2.68. The first-order chi connectivity index (χ1) is 11.2. The fourth-order valence-electron chi connectivity index (χ4n) is 7.18. The number of fused-ring (bicyclic) bond motifs is 5. The zero-order valence-corrected chi connectivity index (χ0v) is 15.2. The molecule has 0 unspecified atom stereocenters. The van der Waals surface area contributed by atoms with Crippen LogP contribution in [0.4, 0.5) is 0 Å². The summed E-state index contributed by atoms with van der Waals surface area (Å²) in [5.41, 5.74) is 0.431. The molecule has 3 nitrogen and oxygen atoms in total. The van der Waals surface area contributed by atoms with Gasteiger partial charge in [-0.3, -0.25) is 9.59 Å². The van der Waals surface area contributed by atoms with E-state index in [1.807, 2.05) is 6.08 Å². The largest absolute Gasteiger partial charge is 0.389 e. The third kappa shape index (κ3) is 1.88. The van der Waals surface area contributed by atoms with Crippen molar-refractivity contribution < 1.29 is 14.7 Å². The van der Waals surface area contributed by atoms with Gasteiger partial charge in [-0.25, -0.2) is 0 Å². The molecule has 0 spiro atoms. The predicted octanol–water partition coefficient (Wildman–Crippen LogP) is 3.84. The maximum atomic E-state index is 12.2. The summed E-state index contributed by atoms with van der Waals surface area (Å²) >= 11 is 0. The molecule has 0 heterocycles. The van der Waals surface area contributed by atoms with Crippen molar-refractivity contribution in [2.45, 2.75) is 77.7 Å². The highest BCUT2D eigenvalue weighted by Gasteiger charge is 2.67. The molecular weight excluding hydrogens is 300 g/mol. The predicted molar refractivity (Wildman–Crippen MR) is 92.3 cm³/mol. The normalized spacial score (nSPS) is 50.6. The number of carbonyl (C=O) groups excluding carboxylic acids is 2. The molecule has 1 N–H and O–H groups in total. The molecule has 6 atom stereocenters. The highest BCUT2D eigenvalue weighted by atomic mass is 16.3.